The highest BCUT2D eigenvalue weighted by atomic mass is 19.4. The van der Waals surface area contributed by atoms with Gasteiger partial charge in [0.2, 0.25) is 0 Å². The summed E-state index contributed by atoms with van der Waals surface area (Å²) < 4.78 is 47.4. The first kappa shape index (κ1) is 22.9. The number of alkyl halides is 3. The monoisotopic (exact) mass is 468 g/mol. The van der Waals surface area contributed by atoms with Crippen molar-refractivity contribution >= 4 is 28.8 Å². The van der Waals surface area contributed by atoms with Crippen LogP contribution in [-0.2, 0) is 9.59 Å². The molecule has 0 aromatic heterocycles. The Bertz CT molecular complexity index is 1300. The SMILES string of the molecule is COc1ccccc1C1=C(Nc2cccc(OC(F)(F)F)c2)C(=O)N(c2ccccc2C)C1=O. The Labute approximate surface area is 193 Å². The van der Waals surface area contributed by atoms with Crippen LogP contribution < -0.4 is 19.7 Å². The number of carbonyl (C=O) groups is 2. The smallest absolute Gasteiger partial charge is 0.496 e. The number of anilines is 2. The Hall–Kier alpha value is -4.27. The van der Waals surface area contributed by atoms with Crippen molar-refractivity contribution in [2.75, 3.05) is 17.3 Å². The standard InChI is InChI=1S/C25H19F3N2O4/c1-15-8-3-5-12-19(15)30-23(31)21(18-11-4-6-13-20(18)33-2)22(24(30)32)29-16-9-7-10-17(14-16)34-25(26,27)28/h3-14,29H,1-2H3. The van der Waals surface area contributed by atoms with Gasteiger partial charge in [-0.3, -0.25) is 9.59 Å². The van der Waals surface area contributed by atoms with Gasteiger partial charge in [0.05, 0.1) is 18.4 Å². The number of methoxy groups -OCH3 is 1. The molecule has 6 nitrogen and oxygen atoms in total. The van der Waals surface area contributed by atoms with E-state index in [-0.39, 0.29) is 17.0 Å². The summed E-state index contributed by atoms with van der Waals surface area (Å²) in [5.74, 6) is -1.35. The lowest BCUT2D eigenvalue weighted by Gasteiger charge is -2.18. The molecule has 0 bridgehead atoms. The second-order valence-electron chi connectivity index (χ2n) is 7.38. The molecule has 2 amide bonds. The number of nitrogens with one attached hydrogen (secondary N) is 1. The van der Waals surface area contributed by atoms with E-state index >= 15 is 0 Å². The maximum Gasteiger partial charge on any atom is 0.573 e. The van der Waals surface area contributed by atoms with Crippen molar-refractivity contribution < 1.29 is 32.2 Å². The van der Waals surface area contributed by atoms with E-state index in [1.54, 1.807) is 55.5 Å². The van der Waals surface area contributed by atoms with Crippen LogP contribution in [-0.4, -0.2) is 25.3 Å². The van der Waals surface area contributed by atoms with Crippen LogP contribution in [0.15, 0.2) is 78.5 Å². The Morgan fingerprint density at radius 1 is 0.882 bits per heavy atom. The first-order valence-electron chi connectivity index (χ1n) is 10.1. The number of carbonyl (C=O) groups excluding carboxylic acids is 2. The maximum atomic E-state index is 13.6. The summed E-state index contributed by atoms with van der Waals surface area (Å²) in [6.07, 6.45) is -4.87. The number of imide groups is 1. The Kier molecular flexibility index (Phi) is 6.02. The number of hydrogen-bond acceptors (Lipinski definition) is 5. The molecule has 4 rings (SSSR count). The van der Waals surface area contributed by atoms with Crippen molar-refractivity contribution in [2.24, 2.45) is 0 Å². The second-order valence-corrected chi connectivity index (χ2v) is 7.38. The quantitative estimate of drug-likeness (QED) is 0.498. The predicted molar refractivity (Wildman–Crippen MR) is 120 cm³/mol. The third kappa shape index (κ3) is 4.45. The molecule has 9 heteroatoms. The highest BCUT2D eigenvalue weighted by molar-refractivity contribution is 6.46. The van der Waals surface area contributed by atoms with Crippen molar-refractivity contribution in [3.63, 3.8) is 0 Å². The van der Waals surface area contributed by atoms with E-state index in [1.165, 1.54) is 19.2 Å². The molecule has 1 heterocycles. The van der Waals surface area contributed by atoms with E-state index in [0.29, 0.717) is 22.6 Å². The number of para-hydroxylation sites is 2. The molecule has 0 spiro atoms. The molecule has 0 atom stereocenters. The molecule has 0 unspecified atom stereocenters. The zero-order chi connectivity index (χ0) is 24.5. The fourth-order valence-corrected chi connectivity index (χ4v) is 3.70. The van der Waals surface area contributed by atoms with Crippen LogP contribution in [0.4, 0.5) is 24.5 Å². The second kappa shape index (κ2) is 8.93. The van der Waals surface area contributed by atoms with Crippen LogP contribution in [0.5, 0.6) is 11.5 Å². The van der Waals surface area contributed by atoms with Gasteiger partial charge in [-0.1, -0.05) is 42.5 Å². The minimum absolute atomic E-state index is 0.0350. The normalized spacial score (nSPS) is 14.0. The largest absolute Gasteiger partial charge is 0.573 e. The van der Waals surface area contributed by atoms with Crippen LogP contribution in [0.2, 0.25) is 0 Å². The number of amides is 2. The maximum absolute atomic E-state index is 13.6. The summed E-state index contributed by atoms with van der Waals surface area (Å²) in [4.78, 5) is 28.1. The number of ether oxygens (including phenoxy) is 2. The van der Waals surface area contributed by atoms with E-state index in [4.69, 9.17) is 4.74 Å². The minimum Gasteiger partial charge on any atom is -0.496 e. The lowest BCUT2D eigenvalue weighted by atomic mass is 10.0. The van der Waals surface area contributed by atoms with Crippen LogP contribution in [0.3, 0.4) is 0 Å². The van der Waals surface area contributed by atoms with Gasteiger partial charge < -0.3 is 14.8 Å². The van der Waals surface area contributed by atoms with Crippen LogP contribution >= 0.6 is 0 Å². The highest BCUT2D eigenvalue weighted by Crippen LogP contribution is 2.38. The van der Waals surface area contributed by atoms with Gasteiger partial charge in [0.15, 0.2) is 0 Å². The Balaban J connectivity index is 1.83. The topological polar surface area (TPSA) is 67.9 Å². The molecule has 3 aromatic carbocycles. The van der Waals surface area contributed by atoms with Crippen LogP contribution in [0, 0.1) is 6.92 Å². The molecule has 0 saturated carbocycles. The number of hydrogen-bond donors (Lipinski definition) is 1. The van der Waals surface area contributed by atoms with Gasteiger partial charge in [-0.25, -0.2) is 4.90 Å². The molecule has 0 radical (unpaired) electrons. The summed E-state index contributed by atoms with van der Waals surface area (Å²) in [6.45, 7) is 1.77. The number of nitrogens with zero attached hydrogens (tertiary/aromatic N) is 1. The lowest BCUT2D eigenvalue weighted by Crippen LogP contribution is -2.33. The number of benzene rings is 3. The van der Waals surface area contributed by atoms with E-state index < -0.39 is 23.9 Å². The van der Waals surface area contributed by atoms with Crippen molar-refractivity contribution in [3.8, 4) is 11.5 Å². The Morgan fingerprint density at radius 2 is 1.59 bits per heavy atom. The molecular formula is C25H19F3N2O4. The fraction of sp³-hybridized carbons (Fsp3) is 0.120. The number of aryl methyl sites for hydroxylation is 1. The van der Waals surface area contributed by atoms with Crippen molar-refractivity contribution in [3.05, 3.63) is 89.6 Å². The first-order chi connectivity index (χ1) is 16.2. The van der Waals surface area contributed by atoms with E-state index in [1.807, 2.05) is 0 Å². The minimum atomic E-state index is -4.87. The molecule has 0 fully saturated rings. The van der Waals surface area contributed by atoms with E-state index in [9.17, 15) is 22.8 Å². The third-order valence-corrected chi connectivity index (χ3v) is 5.15. The van der Waals surface area contributed by atoms with Crippen LogP contribution in [0.25, 0.3) is 5.57 Å². The number of rotatable bonds is 6. The summed E-state index contributed by atoms with van der Waals surface area (Å²) in [5, 5.41) is 2.83. The first-order valence-corrected chi connectivity index (χ1v) is 10.1. The van der Waals surface area contributed by atoms with Crippen molar-refractivity contribution in [2.45, 2.75) is 13.3 Å². The van der Waals surface area contributed by atoms with Gasteiger partial charge in [-0.05, 0) is 36.8 Å². The third-order valence-electron chi connectivity index (χ3n) is 5.15. The van der Waals surface area contributed by atoms with Gasteiger partial charge in [0, 0.05) is 17.3 Å². The zero-order valence-electron chi connectivity index (χ0n) is 18.1. The summed E-state index contributed by atoms with van der Waals surface area (Å²) in [5.41, 5.74) is 1.54. The van der Waals surface area contributed by atoms with E-state index in [0.717, 1.165) is 17.0 Å². The van der Waals surface area contributed by atoms with Crippen molar-refractivity contribution in [1.82, 2.24) is 0 Å². The van der Waals surface area contributed by atoms with Gasteiger partial charge in [0.1, 0.15) is 17.2 Å². The number of halogens is 3. The molecule has 0 saturated heterocycles. The molecule has 174 valence electrons. The highest BCUT2D eigenvalue weighted by Gasteiger charge is 2.41. The summed E-state index contributed by atoms with van der Waals surface area (Å²) in [7, 11) is 1.44. The fourth-order valence-electron chi connectivity index (χ4n) is 3.70. The molecular weight excluding hydrogens is 449 g/mol. The zero-order valence-corrected chi connectivity index (χ0v) is 18.1. The van der Waals surface area contributed by atoms with Gasteiger partial charge in [-0.15, -0.1) is 13.2 Å². The van der Waals surface area contributed by atoms with E-state index in [2.05, 4.69) is 10.1 Å². The summed E-state index contributed by atoms with van der Waals surface area (Å²) in [6, 6.07) is 18.6. The molecule has 3 aromatic rings. The molecule has 1 aliphatic rings. The molecule has 34 heavy (non-hydrogen) atoms. The average molecular weight is 468 g/mol. The van der Waals surface area contributed by atoms with Gasteiger partial charge in [0.25, 0.3) is 11.8 Å². The molecule has 0 aliphatic carbocycles. The predicted octanol–water partition coefficient (Wildman–Crippen LogP) is 5.30. The average Bonchev–Trinajstić information content (AvgIpc) is 3.02. The molecule has 1 aliphatic heterocycles. The lowest BCUT2D eigenvalue weighted by molar-refractivity contribution is -0.274. The van der Waals surface area contributed by atoms with Gasteiger partial charge in [-0.2, -0.15) is 0 Å². The molecule has 1 N–H and O–H groups in total. The van der Waals surface area contributed by atoms with Crippen LogP contribution in [0.1, 0.15) is 11.1 Å². The summed E-state index contributed by atoms with van der Waals surface area (Å²) >= 11 is 0. The Morgan fingerprint density at radius 3 is 2.29 bits per heavy atom. The van der Waals surface area contributed by atoms with Gasteiger partial charge >= 0.3 is 6.36 Å². The van der Waals surface area contributed by atoms with Crippen molar-refractivity contribution in [1.29, 1.82) is 0 Å².